The Hall–Kier alpha value is -3.72. The molecule has 1 N–H and O–H groups in total. The largest absolute Gasteiger partial charge is 0.352 e. The van der Waals surface area contributed by atoms with E-state index in [1.54, 1.807) is 24.3 Å². The van der Waals surface area contributed by atoms with Crippen molar-refractivity contribution in [2.75, 3.05) is 10.8 Å². The first-order valence-corrected chi connectivity index (χ1v) is 15.5. The van der Waals surface area contributed by atoms with Gasteiger partial charge in [-0.15, -0.1) is 0 Å². The van der Waals surface area contributed by atoms with E-state index >= 15 is 0 Å². The Morgan fingerprint density at radius 3 is 2.22 bits per heavy atom. The number of nitrogens with zero attached hydrogens (tertiary/aromatic N) is 2. The van der Waals surface area contributed by atoms with Crippen molar-refractivity contribution in [3.05, 3.63) is 95.3 Å². The molecular weight excluding hydrogens is 541 g/mol. The summed E-state index contributed by atoms with van der Waals surface area (Å²) in [6, 6.07) is 18.3. The first kappa shape index (κ1) is 30.2. The molecule has 41 heavy (non-hydrogen) atoms. The van der Waals surface area contributed by atoms with Crippen LogP contribution in [-0.2, 0) is 26.2 Å². The van der Waals surface area contributed by atoms with Crippen LogP contribution in [0.25, 0.3) is 0 Å². The van der Waals surface area contributed by atoms with Gasteiger partial charge in [-0.3, -0.25) is 13.9 Å². The van der Waals surface area contributed by atoms with Crippen LogP contribution in [0.15, 0.2) is 77.7 Å². The second-order valence-electron chi connectivity index (χ2n) is 10.7. The summed E-state index contributed by atoms with van der Waals surface area (Å²) in [7, 11) is -4.24. The second-order valence-corrected chi connectivity index (χ2v) is 12.6. The van der Waals surface area contributed by atoms with Gasteiger partial charge in [0.2, 0.25) is 11.8 Å². The highest BCUT2D eigenvalue weighted by molar-refractivity contribution is 7.92. The number of amides is 2. The predicted molar refractivity (Wildman–Crippen MR) is 158 cm³/mol. The number of rotatable bonds is 11. The molecule has 1 aliphatic carbocycles. The molecular formula is C32H38FN3O4S. The lowest BCUT2D eigenvalue weighted by Crippen LogP contribution is -2.53. The second kappa shape index (κ2) is 13.3. The molecule has 1 atom stereocenters. The number of anilines is 1. The molecule has 0 unspecified atom stereocenters. The first-order chi connectivity index (χ1) is 19.6. The van der Waals surface area contributed by atoms with Crippen molar-refractivity contribution in [3.63, 3.8) is 0 Å². The molecule has 0 spiro atoms. The molecule has 1 saturated carbocycles. The van der Waals surface area contributed by atoms with E-state index < -0.39 is 34.3 Å². The number of hydrogen-bond acceptors (Lipinski definition) is 4. The minimum atomic E-state index is -4.24. The van der Waals surface area contributed by atoms with Crippen LogP contribution < -0.4 is 9.62 Å². The number of halogens is 1. The molecule has 218 valence electrons. The van der Waals surface area contributed by atoms with Crippen LogP contribution >= 0.6 is 0 Å². The van der Waals surface area contributed by atoms with Crippen molar-refractivity contribution < 1.29 is 22.4 Å². The third kappa shape index (κ3) is 7.52. The highest BCUT2D eigenvalue weighted by Crippen LogP contribution is 2.26. The third-order valence-corrected chi connectivity index (χ3v) is 9.31. The maximum absolute atomic E-state index is 14.1. The summed E-state index contributed by atoms with van der Waals surface area (Å²) >= 11 is 0. The Morgan fingerprint density at radius 2 is 1.61 bits per heavy atom. The quantitative estimate of drug-likeness (QED) is 0.325. The number of nitrogens with one attached hydrogen (secondary N) is 1. The molecule has 0 aliphatic heterocycles. The van der Waals surface area contributed by atoms with Gasteiger partial charge in [-0.2, -0.15) is 0 Å². The van der Waals surface area contributed by atoms with Crippen LogP contribution in [0.4, 0.5) is 10.1 Å². The van der Waals surface area contributed by atoms with Gasteiger partial charge in [0, 0.05) is 12.6 Å². The smallest absolute Gasteiger partial charge is 0.264 e. The predicted octanol–water partition coefficient (Wildman–Crippen LogP) is 5.50. The molecule has 3 aromatic rings. The van der Waals surface area contributed by atoms with E-state index in [4.69, 9.17) is 0 Å². The van der Waals surface area contributed by atoms with E-state index in [1.807, 2.05) is 45.0 Å². The minimum Gasteiger partial charge on any atom is -0.352 e. The molecule has 4 rings (SSSR count). The average molecular weight is 580 g/mol. The van der Waals surface area contributed by atoms with Crippen molar-refractivity contribution in [2.45, 2.75) is 76.4 Å². The Morgan fingerprint density at radius 1 is 0.951 bits per heavy atom. The normalized spacial score (nSPS) is 14.4. The zero-order valence-corrected chi connectivity index (χ0v) is 24.7. The van der Waals surface area contributed by atoms with Gasteiger partial charge in [-0.05, 0) is 75.1 Å². The van der Waals surface area contributed by atoms with Crippen LogP contribution in [0.3, 0.4) is 0 Å². The lowest BCUT2D eigenvalue weighted by atomic mass is 10.1. The average Bonchev–Trinajstić information content (AvgIpc) is 3.45. The summed E-state index contributed by atoms with van der Waals surface area (Å²) in [5.41, 5.74) is 3.08. The van der Waals surface area contributed by atoms with Crippen LogP contribution in [-0.4, -0.2) is 43.8 Å². The molecule has 9 heteroatoms. The number of aryl methyl sites for hydroxylation is 2. The fourth-order valence-corrected chi connectivity index (χ4v) is 6.68. The third-order valence-electron chi connectivity index (χ3n) is 7.53. The van der Waals surface area contributed by atoms with Crippen LogP contribution in [0.5, 0.6) is 0 Å². The fourth-order valence-electron chi connectivity index (χ4n) is 5.27. The highest BCUT2D eigenvalue weighted by atomic mass is 32.2. The lowest BCUT2D eigenvalue weighted by molar-refractivity contribution is -0.140. The van der Waals surface area contributed by atoms with E-state index in [1.165, 1.54) is 17.0 Å². The maximum Gasteiger partial charge on any atom is 0.264 e. The van der Waals surface area contributed by atoms with E-state index in [0.717, 1.165) is 58.8 Å². The summed E-state index contributed by atoms with van der Waals surface area (Å²) in [4.78, 5) is 29.0. The summed E-state index contributed by atoms with van der Waals surface area (Å²) in [6.45, 7) is 5.31. The van der Waals surface area contributed by atoms with Gasteiger partial charge in [-0.25, -0.2) is 12.8 Å². The van der Waals surface area contributed by atoms with Gasteiger partial charge in [-0.1, -0.05) is 67.3 Å². The van der Waals surface area contributed by atoms with Gasteiger partial charge in [0.25, 0.3) is 10.0 Å². The van der Waals surface area contributed by atoms with Gasteiger partial charge in [0.05, 0.1) is 10.6 Å². The standard InChI is InChI=1S/C32H38FN3O4S/c1-4-30(32(38)34-27-10-5-6-11-27)35(21-25-9-7-8-24(3)20-25)31(37)22-36(28-16-12-23(2)13-17-28)41(39,40)29-18-14-26(33)15-19-29/h7-9,12-20,27,30H,4-6,10-11,21-22H2,1-3H3,(H,34,38)/t30-/m0/s1. The van der Waals surface area contributed by atoms with Gasteiger partial charge >= 0.3 is 0 Å². The molecule has 0 radical (unpaired) electrons. The SMILES string of the molecule is CC[C@@H](C(=O)NC1CCCC1)N(Cc1cccc(C)c1)C(=O)CN(c1ccc(C)cc1)S(=O)(=O)c1ccc(F)cc1. The van der Waals surface area contributed by atoms with E-state index in [-0.39, 0.29) is 23.4 Å². The minimum absolute atomic E-state index is 0.0791. The fraction of sp³-hybridized carbons (Fsp3) is 0.375. The van der Waals surface area contributed by atoms with Crippen molar-refractivity contribution >= 4 is 27.5 Å². The Bertz CT molecular complexity index is 1450. The molecule has 1 aliphatic rings. The number of carbonyl (C=O) groups excluding carboxylic acids is 2. The zero-order valence-electron chi connectivity index (χ0n) is 23.8. The maximum atomic E-state index is 14.1. The van der Waals surface area contributed by atoms with E-state index in [0.29, 0.717) is 12.1 Å². The molecule has 2 amide bonds. The number of carbonyl (C=O) groups is 2. The molecule has 0 bridgehead atoms. The van der Waals surface area contributed by atoms with Gasteiger partial charge < -0.3 is 10.2 Å². The highest BCUT2D eigenvalue weighted by Gasteiger charge is 2.34. The van der Waals surface area contributed by atoms with E-state index in [2.05, 4.69) is 5.32 Å². The lowest BCUT2D eigenvalue weighted by Gasteiger charge is -2.34. The molecule has 7 nitrogen and oxygen atoms in total. The molecule has 0 heterocycles. The molecule has 0 aromatic heterocycles. The summed E-state index contributed by atoms with van der Waals surface area (Å²) in [5, 5.41) is 3.11. The molecule has 3 aromatic carbocycles. The Labute approximate surface area is 242 Å². The molecule has 0 saturated heterocycles. The summed E-state index contributed by atoms with van der Waals surface area (Å²) in [6.07, 6.45) is 4.29. The van der Waals surface area contributed by atoms with E-state index in [9.17, 15) is 22.4 Å². The van der Waals surface area contributed by atoms with Crippen molar-refractivity contribution in [2.24, 2.45) is 0 Å². The topological polar surface area (TPSA) is 86.8 Å². The summed E-state index contributed by atoms with van der Waals surface area (Å²) in [5.74, 6) is -1.31. The Balaban J connectivity index is 1.71. The van der Waals surface area contributed by atoms with Crippen molar-refractivity contribution in [3.8, 4) is 0 Å². The monoisotopic (exact) mass is 579 g/mol. The van der Waals surface area contributed by atoms with Crippen LogP contribution in [0, 0.1) is 19.7 Å². The van der Waals surface area contributed by atoms with Crippen LogP contribution in [0.1, 0.15) is 55.7 Å². The van der Waals surface area contributed by atoms with Crippen LogP contribution in [0.2, 0.25) is 0 Å². The molecule has 1 fully saturated rings. The Kier molecular flexibility index (Phi) is 9.81. The number of sulfonamides is 1. The number of benzene rings is 3. The first-order valence-electron chi connectivity index (χ1n) is 14.1. The van der Waals surface area contributed by atoms with Crippen molar-refractivity contribution in [1.29, 1.82) is 0 Å². The zero-order chi connectivity index (χ0) is 29.6. The number of hydrogen-bond donors (Lipinski definition) is 1. The van der Waals surface area contributed by atoms with Gasteiger partial charge in [0.15, 0.2) is 0 Å². The summed E-state index contributed by atoms with van der Waals surface area (Å²) < 4.78 is 42.4. The van der Waals surface area contributed by atoms with Crippen molar-refractivity contribution in [1.82, 2.24) is 10.2 Å². The van der Waals surface area contributed by atoms with Gasteiger partial charge in [0.1, 0.15) is 18.4 Å².